The molecule has 1 aliphatic heterocycles. The van der Waals surface area contributed by atoms with Crippen molar-refractivity contribution in [3.05, 3.63) is 35.4 Å². The first-order valence-electron chi connectivity index (χ1n) is 6.71. The van der Waals surface area contributed by atoms with Crippen molar-refractivity contribution in [1.82, 2.24) is 10.4 Å². The minimum Gasteiger partial charge on any atom is -0.380 e. The van der Waals surface area contributed by atoms with Crippen LogP contribution in [0.1, 0.15) is 17.2 Å². The van der Waals surface area contributed by atoms with E-state index < -0.39 is 0 Å². The zero-order valence-electron chi connectivity index (χ0n) is 11.5. The van der Waals surface area contributed by atoms with Crippen LogP contribution in [0.15, 0.2) is 24.3 Å². The highest BCUT2D eigenvalue weighted by atomic mass is 16.5. The number of morpholine rings is 1. The van der Waals surface area contributed by atoms with Crippen LogP contribution >= 0.6 is 0 Å². The molecular formula is C14H23N3O2. The predicted octanol–water partition coefficient (Wildman–Crippen LogP) is 0.670. The molecular weight excluding hydrogens is 242 g/mol. The lowest BCUT2D eigenvalue weighted by molar-refractivity contribution is 0.00387. The van der Waals surface area contributed by atoms with Gasteiger partial charge in [0.15, 0.2) is 0 Å². The Labute approximate surface area is 114 Å². The third-order valence-corrected chi connectivity index (χ3v) is 3.32. The van der Waals surface area contributed by atoms with Gasteiger partial charge in [0.2, 0.25) is 0 Å². The molecule has 1 aromatic rings. The van der Waals surface area contributed by atoms with E-state index in [9.17, 15) is 0 Å². The second-order valence-electron chi connectivity index (χ2n) is 4.65. The van der Waals surface area contributed by atoms with Crippen LogP contribution in [0.2, 0.25) is 0 Å². The minimum atomic E-state index is 0.115. The number of hydrogen-bond acceptors (Lipinski definition) is 5. The molecule has 0 aliphatic carbocycles. The summed E-state index contributed by atoms with van der Waals surface area (Å²) >= 11 is 0. The maximum absolute atomic E-state index is 5.93. The normalized spacial score (nSPS) is 18.4. The van der Waals surface area contributed by atoms with Gasteiger partial charge >= 0.3 is 0 Å². The van der Waals surface area contributed by atoms with Crippen LogP contribution in [0.3, 0.4) is 0 Å². The molecule has 0 bridgehead atoms. The number of ether oxygens (including phenoxy) is 2. The van der Waals surface area contributed by atoms with E-state index in [4.69, 9.17) is 15.2 Å². The summed E-state index contributed by atoms with van der Waals surface area (Å²) in [6, 6.07) is 8.38. The van der Waals surface area contributed by atoms with Crippen LogP contribution in [-0.4, -0.2) is 45.0 Å². The van der Waals surface area contributed by atoms with E-state index in [0.29, 0.717) is 13.2 Å². The summed E-state index contributed by atoms with van der Waals surface area (Å²) in [7, 11) is 1.71. The van der Waals surface area contributed by atoms with Crippen LogP contribution in [0, 0.1) is 0 Å². The molecule has 0 saturated carbocycles. The molecule has 2 rings (SSSR count). The maximum Gasteiger partial charge on any atom is 0.0716 e. The topological polar surface area (TPSA) is 59.8 Å². The second-order valence-corrected chi connectivity index (χ2v) is 4.65. The van der Waals surface area contributed by atoms with E-state index in [2.05, 4.69) is 22.6 Å². The maximum atomic E-state index is 5.93. The Morgan fingerprint density at radius 2 is 2.11 bits per heavy atom. The molecule has 0 aromatic heterocycles. The average molecular weight is 265 g/mol. The molecule has 1 unspecified atom stereocenters. The summed E-state index contributed by atoms with van der Waals surface area (Å²) in [4.78, 5) is 0. The van der Waals surface area contributed by atoms with Crippen molar-refractivity contribution >= 4 is 0 Å². The van der Waals surface area contributed by atoms with E-state index in [0.717, 1.165) is 26.3 Å². The van der Waals surface area contributed by atoms with Gasteiger partial charge in [-0.2, -0.15) is 0 Å². The summed E-state index contributed by atoms with van der Waals surface area (Å²) in [5.41, 5.74) is 11.8. The molecule has 1 aliphatic rings. The van der Waals surface area contributed by atoms with Crippen LogP contribution in [-0.2, 0) is 16.1 Å². The van der Waals surface area contributed by atoms with E-state index >= 15 is 0 Å². The summed E-state index contributed by atoms with van der Waals surface area (Å²) in [6.45, 7) is 4.48. The van der Waals surface area contributed by atoms with E-state index in [1.54, 1.807) is 7.11 Å². The zero-order chi connectivity index (χ0) is 13.5. The molecule has 5 nitrogen and oxygen atoms in total. The minimum absolute atomic E-state index is 0.115. The van der Waals surface area contributed by atoms with Crippen molar-refractivity contribution in [3.8, 4) is 0 Å². The molecule has 1 heterocycles. The lowest BCUT2D eigenvalue weighted by atomic mass is 10.0. The molecule has 106 valence electrons. The van der Waals surface area contributed by atoms with Crippen LogP contribution < -0.4 is 11.2 Å². The Bertz CT molecular complexity index is 381. The van der Waals surface area contributed by atoms with E-state index in [1.807, 2.05) is 12.1 Å². The highest BCUT2D eigenvalue weighted by molar-refractivity contribution is 5.29. The highest BCUT2D eigenvalue weighted by Crippen LogP contribution is 2.18. The molecule has 0 amide bonds. The summed E-state index contributed by atoms with van der Waals surface area (Å²) in [6.07, 6.45) is 0. The number of nitrogens with two attached hydrogens (primary N) is 1. The van der Waals surface area contributed by atoms with Gasteiger partial charge in [-0.15, -0.1) is 0 Å². The first kappa shape index (κ1) is 14.4. The van der Waals surface area contributed by atoms with Gasteiger partial charge in [0.05, 0.1) is 25.9 Å². The largest absolute Gasteiger partial charge is 0.380 e. The Morgan fingerprint density at radius 1 is 1.37 bits per heavy atom. The molecule has 3 N–H and O–H groups in total. The molecule has 1 atom stereocenters. The smallest absolute Gasteiger partial charge is 0.0716 e. The lowest BCUT2D eigenvalue weighted by Gasteiger charge is -2.32. The van der Waals surface area contributed by atoms with Crippen molar-refractivity contribution in [2.24, 2.45) is 5.73 Å². The summed E-state index contributed by atoms with van der Waals surface area (Å²) < 4.78 is 10.6. The number of nitrogens with one attached hydrogen (secondary N) is 1. The van der Waals surface area contributed by atoms with Gasteiger partial charge in [0.25, 0.3) is 0 Å². The van der Waals surface area contributed by atoms with E-state index in [-0.39, 0.29) is 6.04 Å². The van der Waals surface area contributed by atoms with Crippen molar-refractivity contribution in [3.63, 3.8) is 0 Å². The Balaban J connectivity index is 2.07. The fourth-order valence-corrected chi connectivity index (χ4v) is 2.32. The number of nitrogens with zero attached hydrogens (tertiary/aromatic N) is 1. The van der Waals surface area contributed by atoms with Crippen molar-refractivity contribution in [1.29, 1.82) is 0 Å². The van der Waals surface area contributed by atoms with Crippen molar-refractivity contribution < 1.29 is 9.47 Å². The first-order chi connectivity index (χ1) is 9.35. The number of methoxy groups -OCH3 is 1. The molecule has 0 radical (unpaired) electrons. The molecule has 1 fully saturated rings. The third-order valence-electron chi connectivity index (χ3n) is 3.32. The van der Waals surface area contributed by atoms with Gasteiger partial charge in [-0.25, -0.2) is 10.4 Å². The molecule has 1 saturated heterocycles. The van der Waals surface area contributed by atoms with Gasteiger partial charge < -0.3 is 15.2 Å². The molecule has 0 spiro atoms. The van der Waals surface area contributed by atoms with Gasteiger partial charge in [0.1, 0.15) is 0 Å². The van der Waals surface area contributed by atoms with Gasteiger partial charge in [-0.05, 0) is 11.1 Å². The first-order valence-corrected chi connectivity index (χ1v) is 6.71. The number of benzene rings is 1. The lowest BCUT2D eigenvalue weighted by Crippen LogP contribution is -2.48. The number of hydrogen-bond donors (Lipinski definition) is 2. The molecule has 19 heavy (non-hydrogen) atoms. The molecule has 1 aromatic carbocycles. The number of rotatable bonds is 6. The zero-order valence-corrected chi connectivity index (χ0v) is 11.5. The highest BCUT2D eigenvalue weighted by Gasteiger charge is 2.18. The Morgan fingerprint density at radius 3 is 2.79 bits per heavy atom. The van der Waals surface area contributed by atoms with Gasteiger partial charge in [0, 0.05) is 26.7 Å². The monoisotopic (exact) mass is 265 g/mol. The van der Waals surface area contributed by atoms with Gasteiger partial charge in [-0.1, -0.05) is 24.3 Å². The van der Waals surface area contributed by atoms with E-state index in [1.165, 1.54) is 11.1 Å². The second kappa shape index (κ2) is 7.57. The molecule has 5 heteroatoms. The number of hydrazine groups is 1. The fourth-order valence-electron chi connectivity index (χ4n) is 2.32. The SMILES string of the molecule is COCc1ccccc1C(CN)NN1CCOCC1. The summed E-state index contributed by atoms with van der Waals surface area (Å²) in [5.74, 6) is 0. The van der Waals surface area contributed by atoms with Gasteiger partial charge in [-0.3, -0.25) is 0 Å². The van der Waals surface area contributed by atoms with Crippen molar-refractivity contribution in [2.45, 2.75) is 12.6 Å². The Kier molecular flexibility index (Phi) is 5.75. The standard InChI is InChI=1S/C14H23N3O2/c1-18-11-12-4-2-3-5-13(12)14(10-15)16-17-6-8-19-9-7-17/h2-5,14,16H,6-11,15H2,1H3. The average Bonchev–Trinajstić information content (AvgIpc) is 2.47. The quantitative estimate of drug-likeness (QED) is 0.791. The van der Waals surface area contributed by atoms with Crippen molar-refractivity contribution in [2.75, 3.05) is 40.0 Å². The Hall–Kier alpha value is -0.980. The van der Waals surface area contributed by atoms with Crippen LogP contribution in [0.25, 0.3) is 0 Å². The summed E-state index contributed by atoms with van der Waals surface area (Å²) in [5, 5.41) is 2.19. The fraction of sp³-hybridized carbons (Fsp3) is 0.571. The van der Waals surface area contributed by atoms with Crippen LogP contribution in [0.4, 0.5) is 0 Å². The third kappa shape index (κ3) is 3.99. The van der Waals surface area contributed by atoms with Crippen LogP contribution in [0.5, 0.6) is 0 Å². The predicted molar refractivity (Wildman–Crippen MR) is 74.5 cm³/mol.